The van der Waals surface area contributed by atoms with Gasteiger partial charge >= 0.3 is 5.97 Å². The molecule has 33 heavy (non-hydrogen) atoms. The summed E-state index contributed by atoms with van der Waals surface area (Å²) in [5, 5.41) is 4.00. The molecule has 0 spiro atoms. The molecule has 1 aliphatic heterocycles. The monoisotopic (exact) mass is 458 g/mol. The summed E-state index contributed by atoms with van der Waals surface area (Å²) in [6.07, 6.45) is 17.2. The van der Waals surface area contributed by atoms with Gasteiger partial charge in [-0.05, 0) is 25.0 Å². The molecule has 0 aliphatic carbocycles. The van der Waals surface area contributed by atoms with Gasteiger partial charge in [0.25, 0.3) is 0 Å². The first-order valence-electron chi connectivity index (χ1n) is 13.2. The van der Waals surface area contributed by atoms with Gasteiger partial charge in [-0.25, -0.2) is 4.79 Å². The summed E-state index contributed by atoms with van der Waals surface area (Å²) in [4.78, 5) is 19.5. The number of hydrogen-bond acceptors (Lipinski definition) is 5. The predicted molar refractivity (Wildman–Crippen MR) is 139 cm³/mol. The maximum Gasteiger partial charge on any atom is 0.367 e. The van der Waals surface area contributed by atoms with Crippen LogP contribution >= 0.6 is 0 Å². The van der Waals surface area contributed by atoms with Gasteiger partial charge in [0.1, 0.15) is 11.5 Å². The van der Waals surface area contributed by atoms with E-state index in [1.807, 2.05) is 32.9 Å². The number of hydrogen-bond donors (Lipinski definition) is 0. The average Bonchev–Trinajstić information content (AvgIpc) is 3.38. The van der Waals surface area contributed by atoms with Gasteiger partial charge in [0.15, 0.2) is 5.88 Å². The molecule has 0 saturated carbocycles. The third-order valence-corrected chi connectivity index (χ3v) is 6.18. The van der Waals surface area contributed by atoms with Gasteiger partial charge in [0, 0.05) is 24.6 Å². The number of furan rings is 1. The van der Waals surface area contributed by atoms with Gasteiger partial charge in [-0.3, -0.25) is 0 Å². The Kier molecular flexibility index (Phi) is 11.8. The standard InChI is InChI=1S/C28H46N2O3/c1-6-8-10-12-14-16-20-30(21-17-15-13-11-9-7-2)25-19-18-23(32-25)22-24-26(28(3,4)5)29-33-27(24)31/h18-19,22H,6-17,20-21H2,1-5H3/b24-22+. The van der Waals surface area contributed by atoms with Crippen LogP contribution in [0.2, 0.25) is 0 Å². The number of unbranched alkanes of at least 4 members (excludes halogenated alkanes) is 10. The average molecular weight is 459 g/mol. The first kappa shape index (κ1) is 27.2. The Balaban J connectivity index is 2.01. The lowest BCUT2D eigenvalue weighted by molar-refractivity contribution is -0.136. The highest BCUT2D eigenvalue weighted by Gasteiger charge is 2.34. The van der Waals surface area contributed by atoms with E-state index >= 15 is 0 Å². The normalized spacial score (nSPS) is 15.2. The molecule has 0 fully saturated rings. The van der Waals surface area contributed by atoms with Gasteiger partial charge in [0.2, 0.25) is 0 Å². The molecule has 0 atom stereocenters. The molecule has 0 aromatic carbocycles. The lowest BCUT2D eigenvalue weighted by Crippen LogP contribution is -2.25. The van der Waals surface area contributed by atoms with Crippen molar-refractivity contribution in [2.45, 2.75) is 112 Å². The quantitative estimate of drug-likeness (QED) is 0.142. The number of oxime groups is 1. The zero-order chi connectivity index (χ0) is 24.1. The molecule has 1 aromatic rings. The third-order valence-electron chi connectivity index (χ3n) is 6.18. The zero-order valence-corrected chi connectivity index (χ0v) is 21.8. The Morgan fingerprint density at radius 3 is 1.94 bits per heavy atom. The summed E-state index contributed by atoms with van der Waals surface area (Å²) in [5.41, 5.74) is 0.887. The van der Waals surface area contributed by atoms with E-state index in [2.05, 4.69) is 23.9 Å². The Morgan fingerprint density at radius 2 is 1.39 bits per heavy atom. The molecule has 0 amide bonds. The minimum Gasteiger partial charge on any atom is -0.441 e. The Hall–Kier alpha value is -2.04. The summed E-state index contributed by atoms with van der Waals surface area (Å²) in [6, 6.07) is 3.98. The SMILES string of the molecule is CCCCCCCCN(CCCCCCCC)c1ccc(/C=C2/C(=O)ON=C2C(C)(C)C)o1. The molecule has 186 valence electrons. The smallest absolute Gasteiger partial charge is 0.367 e. The van der Waals surface area contributed by atoms with Gasteiger partial charge < -0.3 is 14.2 Å². The lowest BCUT2D eigenvalue weighted by atomic mass is 9.85. The van der Waals surface area contributed by atoms with Crippen LogP contribution in [0.5, 0.6) is 0 Å². The third kappa shape index (κ3) is 9.38. The second-order valence-corrected chi connectivity index (χ2v) is 10.3. The van der Waals surface area contributed by atoms with Crippen LogP contribution in [0, 0.1) is 5.41 Å². The van der Waals surface area contributed by atoms with Gasteiger partial charge in [0.05, 0.1) is 5.57 Å². The van der Waals surface area contributed by atoms with E-state index in [9.17, 15) is 4.79 Å². The maximum absolute atomic E-state index is 12.2. The maximum atomic E-state index is 12.2. The van der Waals surface area contributed by atoms with Gasteiger partial charge in [-0.15, -0.1) is 0 Å². The molecule has 0 unspecified atom stereocenters. The summed E-state index contributed by atoms with van der Waals surface area (Å²) in [7, 11) is 0. The number of carbonyl (C=O) groups is 1. The van der Waals surface area contributed by atoms with Crippen LogP contribution in [0.1, 0.15) is 117 Å². The second kappa shape index (κ2) is 14.3. The molecule has 5 nitrogen and oxygen atoms in total. The van der Waals surface area contributed by atoms with E-state index in [0.717, 1.165) is 19.0 Å². The van der Waals surface area contributed by atoms with Crippen molar-refractivity contribution >= 4 is 23.6 Å². The molecule has 0 N–H and O–H groups in total. The van der Waals surface area contributed by atoms with Crippen LogP contribution in [0.15, 0.2) is 27.3 Å². The largest absolute Gasteiger partial charge is 0.441 e. The van der Waals surface area contributed by atoms with E-state index in [1.54, 1.807) is 6.08 Å². The molecule has 0 radical (unpaired) electrons. The van der Waals surface area contributed by atoms with Crippen LogP contribution in [0.4, 0.5) is 5.88 Å². The summed E-state index contributed by atoms with van der Waals surface area (Å²) in [5.74, 6) is 1.16. The predicted octanol–water partition coefficient (Wildman–Crippen LogP) is 8.15. The Labute approximate surface area is 201 Å². The molecule has 5 heteroatoms. The van der Waals surface area contributed by atoms with Crippen molar-refractivity contribution in [3.05, 3.63) is 23.5 Å². The van der Waals surface area contributed by atoms with Crippen molar-refractivity contribution in [3.63, 3.8) is 0 Å². The summed E-state index contributed by atoms with van der Waals surface area (Å²) >= 11 is 0. The fourth-order valence-electron chi connectivity index (χ4n) is 4.18. The number of nitrogens with zero attached hydrogens (tertiary/aromatic N) is 2. The first-order valence-corrected chi connectivity index (χ1v) is 13.2. The van der Waals surface area contributed by atoms with Crippen molar-refractivity contribution in [2.75, 3.05) is 18.0 Å². The van der Waals surface area contributed by atoms with Crippen LogP contribution in [0.25, 0.3) is 6.08 Å². The second-order valence-electron chi connectivity index (χ2n) is 10.3. The zero-order valence-electron chi connectivity index (χ0n) is 21.8. The van der Waals surface area contributed by atoms with Crippen LogP contribution in [0.3, 0.4) is 0 Å². The Bertz CT molecular complexity index is 754. The van der Waals surface area contributed by atoms with Crippen LogP contribution in [-0.4, -0.2) is 24.8 Å². The highest BCUT2D eigenvalue weighted by Crippen LogP contribution is 2.29. The van der Waals surface area contributed by atoms with Crippen LogP contribution < -0.4 is 4.90 Å². The minimum absolute atomic E-state index is 0.269. The number of anilines is 1. The molecule has 2 rings (SSSR count). The van der Waals surface area contributed by atoms with Crippen molar-refractivity contribution in [1.29, 1.82) is 0 Å². The van der Waals surface area contributed by atoms with E-state index in [4.69, 9.17) is 9.25 Å². The molecule has 0 bridgehead atoms. The Morgan fingerprint density at radius 1 is 0.848 bits per heavy atom. The molecule has 0 saturated heterocycles. The molecule has 1 aromatic heterocycles. The molecule has 1 aliphatic rings. The van der Waals surface area contributed by atoms with Gasteiger partial charge in [-0.2, -0.15) is 0 Å². The summed E-state index contributed by atoms with van der Waals surface area (Å²) < 4.78 is 6.20. The first-order chi connectivity index (χ1) is 15.9. The highest BCUT2D eigenvalue weighted by atomic mass is 16.7. The fraction of sp³-hybridized carbons (Fsp3) is 0.714. The van der Waals surface area contributed by atoms with E-state index in [0.29, 0.717) is 17.0 Å². The fourth-order valence-corrected chi connectivity index (χ4v) is 4.18. The van der Waals surface area contributed by atoms with E-state index in [-0.39, 0.29) is 5.41 Å². The van der Waals surface area contributed by atoms with E-state index < -0.39 is 5.97 Å². The van der Waals surface area contributed by atoms with E-state index in [1.165, 1.54) is 77.0 Å². The lowest BCUT2D eigenvalue weighted by Gasteiger charge is -2.22. The molecular formula is C28H46N2O3. The summed E-state index contributed by atoms with van der Waals surface area (Å²) in [6.45, 7) is 12.6. The van der Waals surface area contributed by atoms with Crippen molar-refractivity contribution in [2.24, 2.45) is 10.6 Å². The minimum atomic E-state index is -0.408. The topological polar surface area (TPSA) is 55.0 Å². The van der Waals surface area contributed by atoms with Crippen LogP contribution in [-0.2, 0) is 9.63 Å². The van der Waals surface area contributed by atoms with Crippen molar-refractivity contribution in [1.82, 2.24) is 0 Å². The molecular weight excluding hydrogens is 412 g/mol. The molecule has 2 heterocycles. The number of rotatable bonds is 16. The number of carbonyl (C=O) groups excluding carboxylic acids is 1. The van der Waals surface area contributed by atoms with Crippen molar-refractivity contribution < 1.29 is 14.0 Å². The highest BCUT2D eigenvalue weighted by molar-refractivity contribution is 6.26. The van der Waals surface area contributed by atoms with Crippen molar-refractivity contribution in [3.8, 4) is 0 Å². The van der Waals surface area contributed by atoms with Gasteiger partial charge in [-0.1, -0.05) is 104 Å².